The summed E-state index contributed by atoms with van der Waals surface area (Å²) < 4.78 is 2.40. The van der Waals surface area contributed by atoms with Crippen molar-refractivity contribution >= 4 is 47.5 Å². The predicted molar refractivity (Wildman–Crippen MR) is 133 cm³/mol. The van der Waals surface area contributed by atoms with Crippen LogP contribution in [0.25, 0.3) is 33.1 Å². The molecule has 6 rings (SSSR count). The van der Waals surface area contributed by atoms with Crippen molar-refractivity contribution in [3.8, 4) is 11.3 Å². The number of H-pyrrole nitrogens is 1. The molecule has 0 fully saturated rings. The lowest BCUT2D eigenvalue weighted by molar-refractivity contribution is 0.0926. The molecule has 1 aliphatic rings. The fourth-order valence-electron chi connectivity index (χ4n) is 4.73. The number of hydrogen-bond acceptors (Lipinski definition) is 3. The molecule has 0 saturated heterocycles. The second kappa shape index (κ2) is 6.76. The SMILES string of the molecule is C[Si](C)(C)n1ccc2c(-c3n[nH]c4cc(N5C(=O)c6ccccc6C5=O)ccc34)cccc21. The molecule has 5 aromatic rings. The average Bonchev–Trinajstić information content (AvgIpc) is 3.48. The Hall–Kier alpha value is -3.97. The number of aromatic amines is 1. The average molecular weight is 451 g/mol. The minimum atomic E-state index is -1.55. The van der Waals surface area contributed by atoms with Crippen LogP contribution in [0.15, 0.2) is 72.9 Å². The van der Waals surface area contributed by atoms with E-state index in [1.807, 2.05) is 18.2 Å². The summed E-state index contributed by atoms with van der Waals surface area (Å²) in [6, 6.07) is 21.0. The van der Waals surface area contributed by atoms with Gasteiger partial charge in [-0.05, 0) is 48.7 Å². The Bertz CT molecular complexity index is 1570. The van der Waals surface area contributed by atoms with Gasteiger partial charge in [0.1, 0.15) is 5.69 Å². The number of carbonyl (C=O) groups excluding carboxylic acids is 2. The fourth-order valence-corrected chi connectivity index (χ4v) is 6.17. The van der Waals surface area contributed by atoms with Gasteiger partial charge in [0.25, 0.3) is 11.8 Å². The lowest BCUT2D eigenvalue weighted by atomic mass is 10.0. The minimum absolute atomic E-state index is 0.299. The van der Waals surface area contributed by atoms with Crippen LogP contribution in [0.2, 0.25) is 19.6 Å². The van der Waals surface area contributed by atoms with E-state index in [9.17, 15) is 9.59 Å². The van der Waals surface area contributed by atoms with Crippen LogP contribution in [-0.2, 0) is 0 Å². The van der Waals surface area contributed by atoms with Crippen molar-refractivity contribution in [1.29, 1.82) is 0 Å². The lowest BCUT2D eigenvalue weighted by Gasteiger charge is -2.20. The molecule has 0 unspecified atom stereocenters. The Morgan fingerprint density at radius 1 is 0.788 bits per heavy atom. The molecule has 0 aliphatic carbocycles. The van der Waals surface area contributed by atoms with E-state index < -0.39 is 8.24 Å². The molecule has 1 aliphatic heterocycles. The molecule has 0 saturated carbocycles. The van der Waals surface area contributed by atoms with Crippen LogP contribution >= 0.6 is 0 Å². The molecule has 0 bridgehead atoms. The van der Waals surface area contributed by atoms with E-state index in [-0.39, 0.29) is 11.8 Å². The molecule has 2 amide bonds. The Kier molecular flexibility index (Phi) is 4.03. The van der Waals surface area contributed by atoms with Gasteiger partial charge in [-0.1, -0.05) is 43.9 Å². The van der Waals surface area contributed by atoms with Crippen LogP contribution in [0, 0.1) is 0 Å². The summed E-state index contributed by atoms with van der Waals surface area (Å²) in [4.78, 5) is 27.0. The van der Waals surface area contributed by atoms with E-state index in [1.54, 1.807) is 24.3 Å². The highest BCUT2D eigenvalue weighted by molar-refractivity contribution is 6.75. The Labute approximate surface area is 191 Å². The zero-order valence-corrected chi connectivity index (χ0v) is 19.6. The predicted octanol–water partition coefficient (Wildman–Crippen LogP) is 5.67. The van der Waals surface area contributed by atoms with Crippen LogP contribution in [0.5, 0.6) is 0 Å². The zero-order valence-electron chi connectivity index (χ0n) is 18.6. The maximum atomic E-state index is 12.9. The van der Waals surface area contributed by atoms with Crippen molar-refractivity contribution in [1.82, 2.24) is 14.4 Å². The van der Waals surface area contributed by atoms with Crippen LogP contribution in [0.3, 0.4) is 0 Å². The summed E-state index contributed by atoms with van der Waals surface area (Å²) in [5.74, 6) is -0.598. The van der Waals surface area contributed by atoms with Crippen molar-refractivity contribution in [3.63, 3.8) is 0 Å². The molecule has 0 radical (unpaired) electrons. The molecule has 1 N–H and O–H groups in total. The zero-order chi connectivity index (χ0) is 22.9. The first-order chi connectivity index (χ1) is 15.8. The number of carbonyl (C=O) groups is 2. The third-order valence-corrected chi connectivity index (χ3v) is 8.14. The number of nitrogens with one attached hydrogen (secondary N) is 1. The first-order valence-corrected chi connectivity index (χ1v) is 14.4. The van der Waals surface area contributed by atoms with Gasteiger partial charge in [-0.15, -0.1) is 0 Å². The number of nitrogens with zero attached hydrogens (tertiary/aromatic N) is 3. The van der Waals surface area contributed by atoms with Crippen molar-refractivity contribution in [2.24, 2.45) is 0 Å². The highest BCUT2D eigenvalue weighted by atomic mass is 28.3. The maximum absolute atomic E-state index is 12.9. The van der Waals surface area contributed by atoms with Gasteiger partial charge in [0.15, 0.2) is 8.24 Å². The smallest absolute Gasteiger partial charge is 0.266 e. The number of hydrogen-bond donors (Lipinski definition) is 1. The molecule has 162 valence electrons. The summed E-state index contributed by atoms with van der Waals surface area (Å²) >= 11 is 0. The number of amides is 2. The van der Waals surface area contributed by atoms with Crippen molar-refractivity contribution in [2.45, 2.75) is 19.6 Å². The van der Waals surface area contributed by atoms with E-state index in [2.05, 4.69) is 64.5 Å². The quantitative estimate of drug-likeness (QED) is 0.284. The third kappa shape index (κ3) is 2.82. The standard InChI is InChI=1S/C26H22N4O2Si/c1-33(2,3)29-14-13-17-18(9-6-10-23(17)29)24-21-12-11-16(15-22(21)27-28-24)30-25(31)19-7-4-5-8-20(19)26(30)32/h4-15H,1-3H3,(H,27,28). The number of imide groups is 1. The largest absolute Gasteiger partial charge is 0.375 e. The molecular formula is C26H22N4O2Si. The fraction of sp³-hybridized carbons (Fsp3) is 0.115. The Morgan fingerprint density at radius 3 is 2.18 bits per heavy atom. The van der Waals surface area contributed by atoms with Gasteiger partial charge < -0.3 is 4.23 Å². The second-order valence-electron chi connectivity index (χ2n) is 9.39. The first kappa shape index (κ1) is 19.7. The number of rotatable bonds is 3. The van der Waals surface area contributed by atoms with Crippen LogP contribution in [0.4, 0.5) is 5.69 Å². The Balaban J connectivity index is 1.45. The van der Waals surface area contributed by atoms with Crippen LogP contribution < -0.4 is 4.90 Å². The third-order valence-electron chi connectivity index (χ3n) is 6.31. The molecule has 3 heterocycles. The van der Waals surface area contributed by atoms with Gasteiger partial charge in [-0.3, -0.25) is 14.7 Å². The summed E-state index contributed by atoms with van der Waals surface area (Å²) in [5, 5.41) is 9.84. The molecule has 2 aromatic heterocycles. The van der Waals surface area contributed by atoms with Gasteiger partial charge in [0.2, 0.25) is 0 Å². The van der Waals surface area contributed by atoms with Crippen molar-refractivity contribution < 1.29 is 9.59 Å². The van der Waals surface area contributed by atoms with E-state index in [0.717, 1.165) is 27.5 Å². The van der Waals surface area contributed by atoms with Gasteiger partial charge in [0, 0.05) is 21.9 Å². The molecule has 33 heavy (non-hydrogen) atoms. The van der Waals surface area contributed by atoms with Gasteiger partial charge in [-0.25, -0.2) is 4.90 Å². The van der Waals surface area contributed by atoms with E-state index >= 15 is 0 Å². The van der Waals surface area contributed by atoms with Gasteiger partial charge >= 0.3 is 0 Å². The van der Waals surface area contributed by atoms with Crippen LogP contribution in [-0.4, -0.2) is 34.5 Å². The highest BCUT2D eigenvalue weighted by Gasteiger charge is 2.36. The lowest BCUT2D eigenvalue weighted by Crippen LogP contribution is -2.30. The molecule has 6 nitrogen and oxygen atoms in total. The number of anilines is 1. The number of benzene rings is 3. The van der Waals surface area contributed by atoms with Gasteiger partial charge in [0.05, 0.1) is 22.3 Å². The highest BCUT2D eigenvalue weighted by Crippen LogP contribution is 2.36. The topological polar surface area (TPSA) is 71.0 Å². The van der Waals surface area contributed by atoms with Gasteiger partial charge in [-0.2, -0.15) is 5.10 Å². The van der Waals surface area contributed by atoms with Crippen molar-refractivity contribution in [3.05, 3.63) is 84.1 Å². The van der Waals surface area contributed by atoms with E-state index in [0.29, 0.717) is 16.8 Å². The number of fused-ring (bicyclic) bond motifs is 3. The summed E-state index contributed by atoms with van der Waals surface area (Å²) in [6.45, 7) is 6.97. The second-order valence-corrected chi connectivity index (χ2v) is 14.2. The molecule has 0 atom stereocenters. The maximum Gasteiger partial charge on any atom is 0.266 e. The summed E-state index contributed by atoms with van der Waals surface area (Å²) in [5.41, 5.74) is 5.32. The Morgan fingerprint density at radius 2 is 1.48 bits per heavy atom. The van der Waals surface area contributed by atoms with E-state index in [4.69, 9.17) is 0 Å². The monoisotopic (exact) mass is 450 g/mol. The molecule has 3 aromatic carbocycles. The van der Waals surface area contributed by atoms with Crippen molar-refractivity contribution in [2.75, 3.05) is 4.90 Å². The minimum Gasteiger partial charge on any atom is -0.375 e. The van der Waals surface area contributed by atoms with E-state index in [1.165, 1.54) is 10.4 Å². The summed E-state index contributed by atoms with van der Waals surface area (Å²) in [6.07, 6.45) is 2.18. The van der Waals surface area contributed by atoms with Crippen LogP contribution in [0.1, 0.15) is 20.7 Å². The molecule has 0 spiro atoms. The summed E-state index contributed by atoms with van der Waals surface area (Å²) in [7, 11) is -1.55. The normalized spacial score (nSPS) is 14.0. The first-order valence-electron chi connectivity index (χ1n) is 10.9. The number of aromatic nitrogens is 3. The molecular weight excluding hydrogens is 428 g/mol. The molecule has 7 heteroatoms.